The first kappa shape index (κ1) is 21.8. The number of nitrogens with one attached hydrogen (secondary N) is 1. The zero-order valence-corrected chi connectivity index (χ0v) is 17.7. The van der Waals surface area contributed by atoms with Crippen LogP contribution in [0.25, 0.3) is 0 Å². The van der Waals surface area contributed by atoms with Gasteiger partial charge in [-0.05, 0) is 32.6 Å². The van der Waals surface area contributed by atoms with Crippen molar-refractivity contribution < 1.29 is 24.2 Å². The van der Waals surface area contributed by atoms with Crippen LogP contribution in [0.2, 0.25) is 0 Å². The molecule has 0 spiro atoms. The summed E-state index contributed by atoms with van der Waals surface area (Å²) in [4.78, 5) is 40.9. The first-order valence-electron chi connectivity index (χ1n) is 11.0. The summed E-state index contributed by atoms with van der Waals surface area (Å²) in [7, 11) is 0. The second-order valence-corrected chi connectivity index (χ2v) is 8.69. The summed E-state index contributed by atoms with van der Waals surface area (Å²) >= 11 is 0. The number of allylic oxidation sites excluding steroid dienone is 1. The molecule has 6 atom stereocenters. The van der Waals surface area contributed by atoms with Gasteiger partial charge in [0.25, 0.3) is 0 Å². The van der Waals surface area contributed by atoms with Crippen LogP contribution in [0.15, 0.2) is 12.2 Å². The number of aliphatic hydroxyl groups excluding tert-OH is 1. The number of aliphatic hydroxyl groups is 1. The molecule has 0 aromatic rings. The Morgan fingerprint density at radius 1 is 1.28 bits per heavy atom. The molecule has 1 saturated heterocycles. The van der Waals surface area contributed by atoms with E-state index in [2.05, 4.69) is 5.32 Å². The SMILES string of the molecule is CCOC(=O)[C@H]1[C@H]2C(=O)N([C@H](C)CO)[C@H](C(=O)NC3CCCCC3)[C@H]2C=C[C@H]1C. The number of nitrogens with zero attached hydrogens (tertiary/aromatic N) is 1. The highest BCUT2D eigenvalue weighted by molar-refractivity contribution is 5.96. The van der Waals surface area contributed by atoms with Crippen LogP contribution >= 0.6 is 0 Å². The molecule has 2 fully saturated rings. The highest BCUT2D eigenvalue weighted by atomic mass is 16.5. The Hall–Kier alpha value is -1.89. The third-order valence-corrected chi connectivity index (χ3v) is 6.73. The van der Waals surface area contributed by atoms with E-state index in [0.717, 1.165) is 25.7 Å². The van der Waals surface area contributed by atoms with Gasteiger partial charge in [0.1, 0.15) is 6.04 Å². The molecular formula is C22H34N2O5. The Labute approximate surface area is 172 Å². The van der Waals surface area contributed by atoms with E-state index in [-0.39, 0.29) is 37.0 Å². The number of amides is 2. The predicted octanol–water partition coefficient (Wildman–Crippen LogP) is 1.64. The van der Waals surface area contributed by atoms with Crippen LogP contribution < -0.4 is 5.32 Å². The van der Waals surface area contributed by atoms with Gasteiger partial charge in [-0.2, -0.15) is 0 Å². The lowest BCUT2D eigenvalue weighted by molar-refractivity contribution is -0.155. The summed E-state index contributed by atoms with van der Waals surface area (Å²) in [5, 5.41) is 12.9. The molecule has 0 aromatic carbocycles. The zero-order valence-electron chi connectivity index (χ0n) is 17.7. The largest absolute Gasteiger partial charge is 0.466 e. The number of likely N-dealkylation sites (tertiary alicyclic amines) is 1. The van der Waals surface area contributed by atoms with Crippen molar-refractivity contribution in [1.82, 2.24) is 10.2 Å². The fourth-order valence-corrected chi connectivity index (χ4v) is 5.24. The highest BCUT2D eigenvalue weighted by Gasteiger charge is 2.58. The molecular weight excluding hydrogens is 372 g/mol. The molecule has 2 N–H and O–H groups in total. The third kappa shape index (κ3) is 4.20. The van der Waals surface area contributed by atoms with E-state index >= 15 is 0 Å². The second kappa shape index (κ2) is 9.28. The molecule has 1 heterocycles. The molecule has 0 radical (unpaired) electrons. The Bertz CT molecular complexity index is 658. The number of hydrogen-bond donors (Lipinski definition) is 2. The van der Waals surface area contributed by atoms with E-state index in [4.69, 9.17) is 4.74 Å². The molecule has 2 amide bonds. The van der Waals surface area contributed by atoms with Crippen LogP contribution in [0, 0.1) is 23.7 Å². The van der Waals surface area contributed by atoms with E-state index in [1.165, 1.54) is 11.3 Å². The molecule has 3 aliphatic rings. The maximum absolute atomic E-state index is 13.4. The van der Waals surface area contributed by atoms with Crippen molar-refractivity contribution in [3.05, 3.63) is 12.2 Å². The minimum atomic E-state index is -0.711. The molecule has 1 saturated carbocycles. The molecule has 29 heavy (non-hydrogen) atoms. The molecule has 2 aliphatic carbocycles. The van der Waals surface area contributed by atoms with Crippen LogP contribution in [-0.4, -0.2) is 59.1 Å². The summed E-state index contributed by atoms with van der Waals surface area (Å²) < 4.78 is 5.25. The van der Waals surface area contributed by atoms with Gasteiger partial charge in [0.15, 0.2) is 0 Å². The normalized spacial score (nSPS) is 33.3. The number of esters is 1. The van der Waals surface area contributed by atoms with Gasteiger partial charge in [-0.1, -0.05) is 38.3 Å². The fraction of sp³-hybridized carbons (Fsp3) is 0.773. The van der Waals surface area contributed by atoms with Crippen molar-refractivity contribution in [3.63, 3.8) is 0 Å². The average Bonchev–Trinajstić information content (AvgIpc) is 3.01. The van der Waals surface area contributed by atoms with Gasteiger partial charge in [0.2, 0.25) is 11.8 Å². The molecule has 7 nitrogen and oxygen atoms in total. The first-order valence-corrected chi connectivity index (χ1v) is 11.0. The topological polar surface area (TPSA) is 95.9 Å². The van der Waals surface area contributed by atoms with Gasteiger partial charge in [-0.15, -0.1) is 0 Å². The lowest BCUT2D eigenvalue weighted by atomic mass is 9.70. The minimum Gasteiger partial charge on any atom is -0.466 e. The Morgan fingerprint density at radius 3 is 2.59 bits per heavy atom. The van der Waals surface area contributed by atoms with Crippen molar-refractivity contribution in [2.45, 2.75) is 71.0 Å². The maximum Gasteiger partial charge on any atom is 0.310 e. The number of ether oxygens (including phenoxy) is 1. The first-order chi connectivity index (χ1) is 13.9. The number of hydrogen-bond acceptors (Lipinski definition) is 5. The summed E-state index contributed by atoms with van der Waals surface area (Å²) in [6.45, 7) is 5.40. The minimum absolute atomic E-state index is 0.129. The van der Waals surface area contributed by atoms with E-state index in [1.54, 1.807) is 13.8 Å². The lowest BCUT2D eigenvalue weighted by Gasteiger charge is -2.34. The number of carbonyl (C=O) groups is 3. The third-order valence-electron chi connectivity index (χ3n) is 6.73. The lowest BCUT2D eigenvalue weighted by Crippen LogP contribution is -2.53. The van der Waals surface area contributed by atoms with Crippen LogP contribution in [0.1, 0.15) is 52.9 Å². The van der Waals surface area contributed by atoms with Crippen molar-refractivity contribution in [1.29, 1.82) is 0 Å². The Kier molecular flexibility index (Phi) is 6.98. The summed E-state index contributed by atoms with van der Waals surface area (Å²) in [6, 6.07) is -1.08. The summed E-state index contributed by atoms with van der Waals surface area (Å²) in [6.07, 6.45) is 9.12. The van der Waals surface area contributed by atoms with Gasteiger partial charge in [0.05, 0.1) is 31.1 Å². The van der Waals surface area contributed by atoms with Gasteiger partial charge >= 0.3 is 5.97 Å². The molecule has 162 valence electrons. The molecule has 7 heteroatoms. The van der Waals surface area contributed by atoms with Gasteiger partial charge < -0.3 is 20.1 Å². The van der Waals surface area contributed by atoms with Crippen LogP contribution in [0.5, 0.6) is 0 Å². The maximum atomic E-state index is 13.4. The monoisotopic (exact) mass is 406 g/mol. The van der Waals surface area contributed by atoms with Crippen molar-refractivity contribution in [2.24, 2.45) is 23.7 Å². The molecule has 0 bridgehead atoms. The number of fused-ring (bicyclic) bond motifs is 1. The van der Waals surface area contributed by atoms with Crippen LogP contribution in [0.4, 0.5) is 0 Å². The fourth-order valence-electron chi connectivity index (χ4n) is 5.24. The average molecular weight is 407 g/mol. The zero-order chi connectivity index (χ0) is 21.1. The number of rotatable bonds is 6. The summed E-state index contributed by atoms with van der Waals surface area (Å²) in [5.74, 6) is -2.60. The van der Waals surface area contributed by atoms with Gasteiger partial charge in [0, 0.05) is 12.0 Å². The second-order valence-electron chi connectivity index (χ2n) is 8.69. The predicted molar refractivity (Wildman–Crippen MR) is 108 cm³/mol. The number of carbonyl (C=O) groups excluding carboxylic acids is 3. The van der Waals surface area contributed by atoms with Gasteiger partial charge in [-0.3, -0.25) is 14.4 Å². The highest BCUT2D eigenvalue weighted by Crippen LogP contribution is 2.45. The smallest absolute Gasteiger partial charge is 0.310 e. The van der Waals surface area contributed by atoms with Crippen molar-refractivity contribution >= 4 is 17.8 Å². The van der Waals surface area contributed by atoms with Crippen LogP contribution in [0.3, 0.4) is 0 Å². The molecule has 3 rings (SSSR count). The molecule has 0 unspecified atom stereocenters. The standard InChI is InChI=1S/C22H34N2O5/c1-4-29-22(28)17-13(2)10-11-16-18(17)21(27)24(14(3)12-25)19(16)20(26)23-15-8-6-5-7-9-15/h10-11,13-19,25H,4-9,12H2,1-3H3,(H,23,26)/t13-,14-,16+,17-,18+,19+/m1/s1. The van der Waals surface area contributed by atoms with Crippen LogP contribution in [-0.2, 0) is 19.1 Å². The van der Waals surface area contributed by atoms with E-state index < -0.39 is 35.8 Å². The molecule has 0 aromatic heterocycles. The quantitative estimate of drug-likeness (QED) is 0.516. The van der Waals surface area contributed by atoms with E-state index in [0.29, 0.717) is 0 Å². The van der Waals surface area contributed by atoms with E-state index in [1.807, 2.05) is 19.1 Å². The Balaban J connectivity index is 1.91. The Morgan fingerprint density at radius 2 is 1.97 bits per heavy atom. The van der Waals surface area contributed by atoms with E-state index in [9.17, 15) is 19.5 Å². The summed E-state index contributed by atoms with van der Waals surface area (Å²) in [5.41, 5.74) is 0. The van der Waals surface area contributed by atoms with Crippen molar-refractivity contribution in [2.75, 3.05) is 13.2 Å². The van der Waals surface area contributed by atoms with Gasteiger partial charge in [-0.25, -0.2) is 0 Å². The molecule has 1 aliphatic heterocycles. The van der Waals surface area contributed by atoms with Crippen molar-refractivity contribution in [3.8, 4) is 0 Å².